The van der Waals surface area contributed by atoms with Gasteiger partial charge in [-0.05, 0) is 43.5 Å². The molecule has 1 saturated heterocycles. The summed E-state index contributed by atoms with van der Waals surface area (Å²) >= 11 is 0. The quantitative estimate of drug-likeness (QED) is 0.411. The fourth-order valence-electron chi connectivity index (χ4n) is 4.25. The Morgan fingerprint density at radius 3 is 2.19 bits per heavy atom. The molecule has 1 fully saturated rings. The van der Waals surface area contributed by atoms with E-state index < -0.39 is 28.9 Å². The molecule has 4 aromatic rings. The van der Waals surface area contributed by atoms with Gasteiger partial charge in [0.05, 0.1) is 11.1 Å². The number of urea groups is 1. The predicted molar refractivity (Wildman–Crippen MR) is 133 cm³/mol. The summed E-state index contributed by atoms with van der Waals surface area (Å²) in [4.78, 5) is 52.3. The first-order valence-electron chi connectivity index (χ1n) is 11.5. The Bertz CT molecular complexity index is 1530. The normalized spacial score (nSPS) is 17.3. The van der Waals surface area contributed by atoms with E-state index >= 15 is 0 Å². The summed E-state index contributed by atoms with van der Waals surface area (Å²) in [6.45, 7) is 1.63. The number of hydrazine groups is 1. The molecule has 9 nitrogen and oxygen atoms in total. The minimum atomic E-state index is -1.18. The number of para-hydroxylation sites is 1. The summed E-state index contributed by atoms with van der Waals surface area (Å²) in [6.07, 6.45) is 0.924. The second-order valence-electron chi connectivity index (χ2n) is 8.78. The van der Waals surface area contributed by atoms with Crippen molar-refractivity contribution in [3.63, 3.8) is 0 Å². The largest absolute Gasteiger partial charge is 0.344 e. The first-order chi connectivity index (χ1) is 17.4. The van der Waals surface area contributed by atoms with Crippen LogP contribution in [-0.2, 0) is 11.2 Å². The zero-order valence-corrected chi connectivity index (χ0v) is 19.5. The van der Waals surface area contributed by atoms with Crippen LogP contribution in [0.1, 0.15) is 29.4 Å². The van der Waals surface area contributed by atoms with Gasteiger partial charge in [-0.1, -0.05) is 66.7 Å². The molecule has 180 valence electrons. The van der Waals surface area contributed by atoms with Gasteiger partial charge < -0.3 is 5.32 Å². The SMILES string of the molecule is C[C@]1(CCc2ccccc2)NC(=O)N(NC(=O)c2nn(-c3ccccc3)c(=O)c3ccccc23)C1=O. The second kappa shape index (κ2) is 9.10. The smallest absolute Gasteiger partial charge is 0.322 e. The highest BCUT2D eigenvalue weighted by Gasteiger charge is 2.48. The maximum atomic E-state index is 13.3. The highest BCUT2D eigenvalue weighted by molar-refractivity contribution is 6.11. The molecule has 3 aromatic carbocycles. The van der Waals surface area contributed by atoms with Crippen LogP contribution in [0.5, 0.6) is 0 Å². The zero-order chi connectivity index (χ0) is 25.3. The molecule has 36 heavy (non-hydrogen) atoms. The summed E-state index contributed by atoms with van der Waals surface area (Å²) < 4.78 is 1.13. The van der Waals surface area contributed by atoms with Crippen LogP contribution in [0.25, 0.3) is 16.5 Å². The van der Waals surface area contributed by atoms with E-state index in [4.69, 9.17) is 0 Å². The lowest BCUT2D eigenvalue weighted by atomic mass is 9.93. The highest BCUT2D eigenvalue weighted by atomic mass is 16.2. The molecule has 1 atom stereocenters. The van der Waals surface area contributed by atoms with Crippen LogP contribution in [0.4, 0.5) is 4.79 Å². The molecule has 1 aromatic heterocycles. The minimum Gasteiger partial charge on any atom is -0.322 e. The molecule has 1 aliphatic rings. The van der Waals surface area contributed by atoms with E-state index in [2.05, 4.69) is 15.8 Å². The van der Waals surface area contributed by atoms with Crippen molar-refractivity contribution in [2.45, 2.75) is 25.3 Å². The van der Waals surface area contributed by atoms with Gasteiger partial charge in [0, 0.05) is 5.39 Å². The minimum absolute atomic E-state index is 0.0902. The molecule has 5 rings (SSSR count). The molecule has 9 heteroatoms. The van der Waals surface area contributed by atoms with E-state index in [9.17, 15) is 19.2 Å². The van der Waals surface area contributed by atoms with Gasteiger partial charge in [0.1, 0.15) is 5.54 Å². The first-order valence-corrected chi connectivity index (χ1v) is 11.5. The third-order valence-corrected chi connectivity index (χ3v) is 6.25. The van der Waals surface area contributed by atoms with Gasteiger partial charge in [0.25, 0.3) is 17.4 Å². The number of amides is 4. The average Bonchev–Trinajstić information content (AvgIpc) is 3.12. The van der Waals surface area contributed by atoms with Crippen LogP contribution >= 0.6 is 0 Å². The van der Waals surface area contributed by atoms with Crippen LogP contribution in [0.2, 0.25) is 0 Å². The van der Waals surface area contributed by atoms with Crippen LogP contribution in [0.3, 0.4) is 0 Å². The summed E-state index contributed by atoms with van der Waals surface area (Å²) in [5.74, 6) is -1.36. The average molecular weight is 482 g/mol. The van der Waals surface area contributed by atoms with Gasteiger partial charge in [0.15, 0.2) is 5.69 Å². The molecule has 0 bridgehead atoms. The number of imide groups is 1. The van der Waals surface area contributed by atoms with E-state index in [-0.39, 0.29) is 11.1 Å². The number of carbonyl (C=O) groups excluding carboxylic acids is 3. The lowest BCUT2D eigenvalue weighted by Crippen LogP contribution is -2.49. The number of aryl methyl sites for hydroxylation is 1. The van der Waals surface area contributed by atoms with E-state index in [1.165, 1.54) is 0 Å². The number of hydrogen-bond donors (Lipinski definition) is 2. The molecule has 2 heterocycles. The predicted octanol–water partition coefficient (Wildman–Crippen LogP) is 2.97. The van der Waals surface area contributed by atoms with E-state index in [1.807, 2.05) is 30.3 Å². The summed E-state index contributed by atoms with van der Waals surface area (Å²) in [5.41, 5.74) is 2.24. The molecule has 1 aliphatic heterocycles. The number of benzene rings is 3. The number of carbonyl (C=O) groups is 3. The number of fused-ring (bicyclic) bond motifs is 1. The number of hydrogen-bond acceptors (Lipinski definition) is 5. The van der Waals surface area contributed by atoms with Crippen molar-refractivity contribution in [2.75, 3.05) is 0 Å². The highest BCUT2D eigenvalue weighted by Crippen LogP contribution is 2.23. The van der Waals surface area contributed by atoms with E-state index in [1.54, 1.807) is 61.5 Å². The second-order valence-corrected chi connectivity index (χ2v) is 8.78. The Labute approximate surface area is 206 Å². The van der Waals surface area contributed by atoms with Crippen LogP contribution in [0.15, 0.2) is 89.7 Å². The van der Waals surface area contributed by atoms with Crippen molar-refractivity contribution >= 4 is 28.6 Å². The van der Waals surface area contributed by atoms with E-state index in [0.717, 1.165) is 10.2 Å². The summed E-state index contributed by atoms with van der Waals surface area (Å²) in [7, 11) is 0. The van der Waals surface area contributed by atoms with E-state index in [0.29, 0.717) is 28.9 Å². The maximum absolute atomic E-state index is 13.3. The van der Waals surface area contributed by atoms with Crippen LogP contribution in [-0.4, -0.2) is 38.2 Å². The fraction of sp³-hybridized carbons (Fsp3) is 0.148. The fourth-order valence-corrected chi connectivity index (χ4v) is 4.25. The number of aromatic nitrogens is 2. The van der Waals surface area contributed by atoms with Crippen molar-refractivity contribution < 1.29 is 14.4 Å². The van der Waals surface area contributed by atoms with Gasteiger partial charge in [-0.3, -0.25) is 19.8 Å². The van der Waals surface area contributed by atoms with Crippen molar-refractivity contribution in [1.82, 2.24) is 25.5 Å². The van der Waals surface area contributed by atoms with Crippen molar-refractivity contribution in [3.8, 4) is 5.69 Å². The zero-order valence-electron chi connectivity index (χ0n) is 19.5. The lowest BCUT2D eigenvalue weighted by Gasteiger charge is -2.21. The Kier molecular flexibility index (Phi) is 5.81. The number of nitrogens with one attached hydrogen (secondary N) is 2. The molecule has 0 spiro atoms. The number of nitrogens with zero attached hydrogens (tertiary/aromatic N) is 3. The molecule has 4 amide bonds. The Hall–Kier alpha value is -4.79. The van der Waals surface area contributed by atoms with Gasteiger partial charge in [-0.25, -0.2) is 4.79 Å². The Balaban J connectivity index is 1.44. The topological polar surface area (TPSA) is 113 Å². The van der Waals surface area contributed by atoms with Gasteiger partial charge >= 0.3 is 6.03 Å². The molecule has 0 radical (unpaired) electrons. The Morgan fingerprint density at radius 1 is 0.889 bits per heavy atom. The monoisotopic (exact) mass is 481 g/mol. The molecular formula is C27H23N5O4. The first kappa shape index (κ1) is 23.0. The summed E-state index contributed by atoms with van der Waals surface area (Å²) in [5, 5.41) is 8.26. The van der Waals surface area contributed by atoms with Crippen LogP contribution in [0, 0.1) is 0 Å². The molecule has 0 unspecified atom stereocenters. The molecular weight excluding hydrogens is 458 g/mol. The standard InChI is InChI=1S/C27H23N5O4/c1-27(17-16-18-10-4-2-5-11-18)25(35)32(26(36)28-27)30-23(33)22-20-14-8-9-15-21(20)24(34)31(29-22)19-12-6-3-7-13-19/h2-15H,16-17H2,1H3,(H,28,36)(H,30,33)/t27-/m1/s1. The van der Waals surface area contributed by atoms with Crippen molar-refractivity contribution in [1.29, 1.82) is 0 Å². The van der Waals surface area contributed by atoms with Crippen LogP contribution < -0.4 is 16.3 Å². The summed E-state index contributed by atoms with van der Waals surface area (Å²) in [6, 6.07) is 24.2. The van der Waals surface area contributed by atoms with Gasteiger partial charge in [0.2, 0.25) is 0 Å². The molecule has 0 saturated carbocycles. The number of rotatable bonds is 6. The molecule has 0 aliphatic carbocycles. The lowest BCUT2D eigenvalue weighted by molar-refractivity contribution is -0.132. The van der Waals surface area contributed by atoms with Crippen molar-refractivity contribution in [3.05, 3.63) is 107 Å². The Morgan fingerprint density at radius 2 is 1.50 bits per heavy atom. The third-order valence-electron chi connectivity index (χ3n) is 6.25. The third kappa shape index (κ3) is 4.11. The van der Waals surface area contributed by atoms with Gasteiger partial charge in [-0.2, -0.15) is 14.8 Å². The maximum Gasteiger partial charge on any atom is 0.344 e. The van der Waals surface area contributed by atoms with Gasteiger partial charge in [-0.15, -0.1) is 0 Å². The van der Waals surface area contributed by atoms with Crippen molar-refractivity contribution in [2.24, 2.45) is 0 Å². The molecule has 2 N–H and O–H groups in total.